The van der Waals surface area contributed by atoms with Gasteiger partial charge >= 0.3 is 0 Å². The molecule has 1 aromatic heterocycles. The van der Waals surface area contributed by atoms with Crippen LogP contribution in [-0.4, -0.2) is 11.9 Å². The van der Waals surface area contributed by atoms with Crippen LogP contribution in [0.2, 0.25) is 0 Å². The molecule has 2 aromatic rings. The third-order valence-electron chi connectivity index (χ3n) is 2.92. The van der Waals surface area contributed by atoms with Gasteiger partial charge in [-0.05, 0) is 66.3 Å². The molecule has 0 radical (unpaired) electrons. The van der Waals surface area contributed by atoms with Crippen LogP contribution in [-0.2, 0) is 0 Å². The summed E-state index contributed by atoms with van der Waals surface area (Å²) in [5, 5.41) is 14.1. The molecule has 0 aliphatic carbocycles. The number of carboxylic acids is 1. The highest BCUT2D eigenvalue weighted by molar-refractivity contribution is 14.1. The van der Waals surface area contributed by atoms with Gasteiger partial charge in [0.05, 0.1) is 5.97 Å². The number of anilines is 1. The molecule has 1 amide bonds. The summed E-state index contributed by atoms with van der Waals surface area (Å²) in [5.41, 5.74) is 1.18. The van der Waals surface area contributed by atoms with Gasteiger partial charge in [-0.25, -0.2) is 0 Å². The zero-order chi connectivity index (χ0) is 14.9. The van der Waals surface area contributed by atoms with E-state index < -0.39 is 5.97 Å². The number of benzene rings is 1. The van der Waals surface area contributed by atoms with E-state index in [2.05, 4.69) is 27.9 Å². The quantitative estimate of drug-likeness (QED) is 0.806. The van der Waals surface area contributed by atoms with Crippen LogP contribution in [0.5, 0.6) is 0 Å². The Morgan fingerprint density at radius 1 is 1.20 bits per heavy atom. The van der Waals surface area contributed by atoms with Gasteiger partial charge in [0.15, 0.2) is 0 Å². The molecule has 0 spiro atoms. The Kier molecular flexibility index (Phi) is 4.44. The summed E-state index contributed by atoms with van der Waals surface area (Å²) in [6.07, 6.45) is 0. The van der Waals surface area contributed by atoms with Crippen LogP contribution in [0.15, 0.2) is 24.3 Å². The van der Waals surface area contributed by atoms with Gasteiger partial charge < -0.3 is 15.2 Å². The van der Waals surface area contributed by atoms with Gasteiger partial charge in [-0.1, -0.05) is 0 Å². The zero-order valence-corrected chi connectivity index (χ0v) is 13.8. The maximum Gasteiger partial charge on any atom is 0.256 e. The van der Waals surface area contributed by atoms with Crippen molar-refractivity contribution in [3.63, 3.8) is 0 Å². The van der Waals surface area contributed by atoms with Crippen LogP contribution < -0.4 is 10.4 Å². The smallest absolute Gasteiger partial charge is 0.256 e. The summed E-state index contributed by atoms with van der Waals surface area (Å²) >= 11 is 3.39. The molecule has 6 heteroatoms. The molecule has 1 N–H and O–H groups in total. The van der Waals surface area contributed by atoms with Crippen LogP contribution in [0.25, 0.3) is 0 Å². The number of carbonyl (C=O) groups is 2. The molecule has 4 nitrogen and oxygen atoms in total. The van der Waals surface area contributed by atoms with Crippen LogP contribution in [0.4, 0.5) is 5.00 Å². The number of aromatic carboxylic acids is 1. The van der Waals surface area contributed by atoms with E-state index in [0.29, 0.717) is 16.1 Å². The summed E-state index contributed by atoms with van der Waals surface area (Å²) in [7, 11) is 0. The van der Waals surface area contributed by atoms with E-state index in [1.54, 1.807) is 19.1 Å². The minimum Gasteiger partial charge on any atom is -0.545 e. The SMILES string of the molecule is Cc1sc(NC(=O)c2ccc(I)cc2)c(C(=O)[O-])c1C. The first-order valence-electron chi connectivity index (χ1n) is 5.78. The van der Waals surface area contributed by atoms with E-state index in [0.717, 1.165) is 8.45 Å². The number of nitrogens with one attached hydrogen (secondary N) is 1. The maximum absolute atomic E-state index is 12.1. The van der Waals surface area contributed by atoms with Gasteiger partial charge in [0.2, 0.25) is 0 Å². The number of hydrogen-bond acceptors (Lipinski definition) is 4. The molecule has 2 rings (SSSR count). The third-order valence-corrected chi connectivity index (χ3v) is 4.76. The van der Waals surface area contributed by atoms with Crippen molar-refractivity contribution >= 4 is 50.8 Å². The lowest BCUT2D eigenvalue weighted by molar-refractivity contribution is -0.254. The third kappa shape index (κ3) is 3.01. The Labute approximate surface area is 134 Å². The lowest BCUT2D eigenvalue weighted by atomic mass is 10.1. The predicted molar refractivity (Wildman–Crippen MR) is 85.2 cm³/mol. The molecular formula is C14H11INO3S-. The molecule has 0 bridgehead atoms. The van der Waals surface area contributed by atoms with Crippen molar-refractivity contribution in [1.29, 1.82) is 0 Å². The fourth-order valence-corrected chi connectivity index (χ4v) is 3.14. The minimum absolute atomic E-state index is 0.0614. The molecule has 1 heterocycles. The van der Waals surface area contributed by atoms with Crippen molar-refractivity contribution in [1.82, 2.24) is 0 Å². The van der Waals surface area contributed by atoms with Gasteiger partial charge in [-0.2, -0.15) is 0 Å². The maximum atomic E-state index is 12.1. The molecule has 0 saturated carbocycles. The van der Waals surface area contributed by atoms with Crippen LogP contribution in [0.3, 0.4) is 0 Å². The standard InChI is InChI=1S/C14H12INO3S/c1-7-8(2)20-13(11(7)14(18)19)16-12(17)9-3-5-10(15)6-4-9/h3-6H,1-2H3,(H,16,17)(H,18,19)/p-1. The van der Waals surface area contributed by atoms with Gasteiger partial charge in [-0.15, -0.1) is 11.3 Å². The van der Waals surface area contributed by atoms with E-state index in [-0.39, 0.29) is 11.5 Å². The highest BCUT2D eigenvalue weighted by Gasteiger charge is 2.16. The molecule has 1 aromatic carbocycles. The summed E-state index contributed by atoms with van der Waals surface area (Å²) in [5.74, 6) is -1.60. The van der Waals surface area contributed by atoms with E-state index in [1.807, 2.05) is 19.1 Å². The monoisotopic (exact) mass is 400 g/mol. The fraction of sp³-hybridized carbons (Fsp3) is 0.143. The first-order valence-corrected chi connectivity index (χ1v) is 7.68. The van der Waals surface area contributed by atoms with Crippen LogP contribution in [0.1, 0.15) is 31.2 Å². The minimum atomic E-state index is -1.27. The lowest BCUT2D eigenvalue weighted by Gasteiger charge is -2.08. The molecular weight excluding hydrogens is 389 g/mol. The number of aryl methyl sites for hydroxylation is 1. The van der Waals surface area contributed by atoms with Crippen molar-refractivity contribution in [2.24, 2.45) is 0 Å². The summed E-state index contributed by atoms with van der Waals surface area (Å²) in [6, 6.07) is 7.03. The average Bonchev–Trinajstić information content (AvgIpc) is 2.65. The van der Waals surface area contributed by atoms with Gasteiger partial charge in [0, 0.05) is 19.6 Å². The van der Waals surface area contributed by atoms with Crippen molar-refractivity contribution in [2.45, 2.75) is 13.8 Å². The highest BCUT2D eigenvalue weighted by atomic mass is 127. The number of thiophene rings is 1. The first-order chi connectivity index (χ1) is 9.40. The normalized spacial score (nSPS) is 10.3. The number of carbonyl (C=O) groups excluding carboxylic acids is 2. The molecule has 0 aliphatic heterocycles. The molecule has 0 atom stereocenters. The largest absolute Gasteiger partial charge is 0.545 e. The number of hydrogen-bond donors (Lipinski definition) is 1. The molecule has 0 saturated heterocycles. The predicted octanol–water partition coefficient (Wildman–Crippen LogP) is 2.59. The fourth-order valence-electron chi connectivity index (χ4n) is 1.74. The highest BCUT2D eigenvalue weighted by Crippen LogP contribution is 2.32. The molecule has 104 valence electrons. The second-order valence-electron chi connectivity index (χ2n) is 4.24. The summed E-state index contributed by atoms with van der Waals surface area (Å²) in [6.45, 7) is 3.52. The van der Waals surface area contributed by atoms with Crippen LogP contribution in [0, 0.1) is 17.4 Å². The second kappa shape index (κ2) is 5.92. The Morgan fingerprint density at radius 3 is 2.35 bits per heavy atom. The Hall–Kier alpha value is -1.41. The second-order valence-corrected chi connectivity index (χ2v) is 6.71. The Balaban J connectivity index is 2.30. The lowest BCUT2D eigenvalue weighted by Crippen LogP contribution is -2.24. The van der Waals surface area contributed by atoms with Crippen molar-refractivity contribution in [2.75, 3.05) is 5.32 Å². The van der Waals surface area contributed by atoms with Gasteiger partial charge in [0.1, 0.15) is 5.00 Å². The number of rotatable bonds is 3. The first kappa shape index (κ1) is 15.0. The van der Waals surface area contributed by atoms with Crippen LogP contribution >= 0.6 is 33.9 Å². The van der Waals surface area contributed by atoms with E-state index >= 15 is 0 Å². The molecule has 0 aliphatic rings. The Morgan fingerprint density at radius 2 is 1.80 bits per heavy atom. The molecule has 20 heavy (non-hydrogen) atoms. The average molecular weight is 400 g/mol. The molecule has 0 fully saturated rings. The Bertz CT molecular complexity index is 676. The van der Waals surface area contributed by atoms with E-state index in [9.17, 15) is 14.7 Å². The van der Waals surface area contributed by atoms with Gasteiger partial charge in [0.25, 0.3) is 5.91 Å². The summed E-state index contributed by atoms with van der Waals surface area (Å²) in [4.78, 5) is 24.1. The zero-order valence-electron chi connectivity index (χ0n) is 10.8. The van der Waals surface area contributed by atoms with E-state index in [4.69, 9.17) is 0 Å². The molecule has 0 unspecified atom stereocenters. The van der Waals surface area contributed by atoms with E-state index in [1.165, 1.54) is 11.3 Å². The van der Waals surface area contributed by atoms with Gasteiger partial charge in [-0.3, -0.25) is 4.79 Å². The topological polar surface area (TPSA) is 69.2 Å². The van der Waals surface area contributed by atoms with Crippen molar-refractivity contribution in [3.05, 3.63) is 49.4 Å². The number of halogens is 1. The van der Waals surface area contributed by atoms with Crippen molar-refractivity contribution < 1.29 is 14.7 Å². The van der Waals surface area contributed by atoms with Crippen molar-refractivity contribution in [3.8, 4) is 0 Å². The number of amides is 1. The number of carboxylic acid groups (broad SMARTS) is 1. The summed E-state index contributed by atoms with van der Waals surface area (Å²) < 4.78 is 1.03.